The van der Waals surface area contributed by atoms with Crippen molar-refractivity contribution in [3.8, 4) is 0 Å². The van der Waals surface area contributed by atoms with Crippen molar-refractivity contribution in [3.05, 3.63) is 0 Å². The molecular weight excluding hydrogens is 162 g/mol. The third-order valence-electron chi connectivity index (χ3n) is 3.88. The van der Waals surface area contributed by atoms with Crippen LogP contribution in [0.25, 0.3) is 0 Å². The quantitative estimate of drug-likeness (QED) is 0.669. The van der Waals surface area contributed by atoms with Gasteiger partial charge in [-0.3, -0.25) is 0 Å². The van der Waals surface area contributed by atoms with Crippen molar-refractivity contribution in [2.24, 2.45) is 11.8 Å². The number of ether oxygens (including phenoxy) is 1. The minimum atomic E-state index is 0.445. The monoisotopic (exact) mass is 183 g/mol. The molecule has 0 bridgehead atoms. The third kappa shape index (κ3) is 1.62. The van der Waals surface area contributed by atoms with Crippen molar-refractivity contribution in [2.45, 2.75) is 51.9 Å². The molecule has 1 N–H and O–H groups in total. The Morgan fingerprint density at radius 3 is 2.38 bits per heavy atom. The molecule has 0 radical (unpaired) electrons. The van der Waals surface area contributed by atoms with Crippen LogP contribution in [-0.4, -0.2) is 24.8 Å². The Morgan fingerprint density at radius 2 is 1.92 bits per heavy atom. The standard InChI is InChI=1S/C11H21NO/c1-7-8(2)13-9(3)11(7)10-5-4-6-12-10/h7-12H,4-6H2,1-3H3. The Hall–Kier alpha value is -0.0800. The van der Waals surface area contributed by atoms with Gasteiger partial charge in [0.2, 0.25) is 0 Å². The number of hydrogen-bond acceptors (Lipinski definition) is 2. The summed E-state index contributed by atoms with van der Waals surface area (Å²) in [6.07, 6.45) is 3.58. The lowest BCUT2D eigenvalue weighted by Gasteiger charge is -2.25. The van der Waals surface area contributed by atoms with Crippen LogP contribution in [0.5, 0.6) is 0 Å². The summed E-state index contributed by atoms with van der Waals surface area (Å²) in [6.45, 7) is 7.97. The van der Waals surface area contributed by atoms with Crippen molar-refractivity contribution in [1.29, 1.82) is 0 Å². The summed E-state index contributed by atoms with van der Waals surface area (Å²) in [5, 5.41) is 3.60. The SMILES string of the molecule is CC1OC(C)C(C2CCCN2)C1C. The van der Waals surface area contributed by atoms with Crippen LogP contribution in [0.15, 0.2) is 0 Å². The summed E-state index contributed by atoms with van der Waals surface area (Å²) in [5.74, 6) is 1.45. The minimum absolute atomic E-state index is 0.445. The first-order valence-corrected chi connectivity index (χ1v) is 5.59. The van der Waals surface area contributed by atoms with E-state index in [1.54, 1.807) is 0 Å². The molecule has 0 aromatic rings. The molecular formula is C11H21NO. The van der Waals surface area contributed by atoms with Gasteiger partial charge in [0.25, 0.3) is 0 Å². The Bertz CT molecular complexity index is 177. The topological polar surface area (TPSA) is 21.3 Å². The van der Waals surface area contributed by atoms with E-state index >= 15 is 0 Å². The summed E-state index contributed by atoms with van der Waals surface area (Å²) >= 11 is 0. The fourth-order valence-electron chi connectivity index (χ4n) is 3.03. The Balaban J connectivity index is 2.04. The van der Waals surface area contributed by atoms with Crippen LogP contribution < -0.4 is 5.32 Å². The number of rotatable bonds is 1. The lowest BCUT2D eigenvalue weighted by atomic mass is 9.83. The van der Waals surface area contributed by atoms with Gasteiger partial charge in [0.1, 0.15) is 0 Å². The first-order chi connectivity index (χ1) is 6.20. The van der Waals surface area contributed by atoms with Crippen molar-refractivity contribution in [2.75, 3.05) is 6.54 Å². The summed E-state index contributed by atoms with van der Waals surface area (Å²) in [5.41, 5.74) is 0. The van der Waals surface area contributed by atoms with E-state index in [1.807, 2.05) is 0 Å². The van der Waals surface area contributed by atoms with E-state index < -0.39 is 0 Å². The van der Waals surface area contributed by atoms with Gasteiger partial charge in [0.15, 0.2) is 0 Å². The zero-order valence-electron chi connectivity index (χ0n) is 8.92. The largest absolute Gasteiger partial charge is 0.375 e. The van der Waals surface area contributed by atoms with E-state index in [-0.39, 0.29) is 0 Å². The van der Waals surface area contributed by atoms with E-state index in [0.29, 0.717) is 18.1 Å². The highest BCUT2D eigenvalue weighted by Gasteiger charge is 2.42. The van der Waals surface area contributed by atoms with Crippen LogP contribution in [0.3, 0.4) is 0 Å². The van der Waals surface area contributed by atoms with Gasteiger partial charge < -0.3 is 10.1 Å². The average Bonchev–Trinajstić information content (AvgIpc) is 2.63. The molecule has 0 amide bonds. The average molecular weight is 183 g/mol. The molecule has 2 heteroatoms. The van der Waals surface area contributed by atoms with Crippen LogP contribution in [0.4, 0.5) is 0 Å². The van der Waals surface area contributed by atoms with E-state index in [1.165, 1.54) is 19.4 Å². The van der Waals surface area contributed by atoms with Gasteiger partial charge in [-0.1, -0.05) is 6.92 Å². The van der Waals surface area contributed by atoms with Gasteiger partial charge >= 0.3 is 0 Å². The van der Waals surface area contributed by atoms with Crippen LogP contribution in [0, 0.1) is 11.8 Å². The second-order valence-corrected chi connectivity index (χ2v) is 4.69. The second-order valence-electron chi connectivity index (χ2n) is 4.69. The highest BCUT2D eigenvalue weighted by Crippen LogP contribution is 2.36. The smallest absolute Gasteiger partial charge is 0.0597 e. The summed E-state index contributed by atoms with van der Waals surface area (Å²) in [6, 6.07) is 0.718. The van der Waals surface area contributed by atoms with Crippen molar-refractivity contribution >= 4 is 0 Å². The highest BCUT2D eigenvalue weighted by molar-refractivity contribution is 4.93. The van der Waals surface area contributed by atoms with Gasteiger partial charge in [-0.2, -0.15) is 0 Å². The lowest BCUT2D eigenvalue weighted by Crippen LogP contribution is -2.37. The number of nitrogens with one attached hydrogen (secondary N) is 1. The summed E-state index contributed by atoms with van der Waals surface area (Å²) in [7, 11) is 0. The molecule has 0 aliphatic carbocycles. The molecule has 5 atom stereocenters. The maximum absolute atomic E-state index is 5.86. The predicted octanol–water partition coefficient (Wildman–Crippen LogP) is 1.80. The third-order valence-corrected chi connectivity index (χ3v) is 3.88. The fourth-order valence-corrected chi connectivity index (χ4v) is 3.03. The molecule has 2 rings (SSSR count). The van der Waals surface area contributed by atoms with Crippen LogP contribution in [0.2, 0.25) is 0 Å². The molecule has 2 aliphatic rings. The van der Waals surface area contributed by atoms with Crippen LogP contribution in [0.1, 0.15) is 33.6 Å². The molecule has 0 saturated carbocycles. The van der Waals surface area contributed by atoms with Gasteiger partial charge in [-0.25, -0.2) is 0 Å². The molecule has 5 unspecified atom stereocenters. The van der Waals surface area contributed by atoms with E-state index in [0.717, 1.165) is 12.0 Å². The lowest BCUT2D eigenvalue weighted by molar-refractivity contribution is 0.0483. The predicted molar refractivity (Wildman–Crippen MR) is 53.7 cm³/mol. The van der Waals surface area contributed by atoms with Crippen molar-refractivity contribution in [3.63, 3.8) is 0 Å². The maximum atomic E-state index is 5.86. The molecule has 2 saturated heterocycles. The zero-order chi connectivity index (χ0) is 9.42. The van der Waals surface area contributed by atoms with Gasteiger partial charge in [-0.15, -0.1) is 0 Å². The molecule has 2 fully saturated rings. The van der Waals surface area contributed by atoms with E-state index in [9.17, 15) is 0 Å². The second kappa shape index (κ2) is 3.58. The first-order valence-electron chi connectivity index (χ1n) is 5.59. The minimum Gasteiger partial charge on any atom is -0.375 e. The van der Waals surface area contributed by atoms with Gasteiger partial charge in [0, 0.05) is 12.0 Å². The van der Waals surface area contributed by atoms with Crippen molar-refractivity contribution < 1.29 is 4.74 Å². The van der Waals surface area contributed by atoms with E-state index in [4.69, 9.17) is 4.74 Å². The maximum Gasteiger partial charge on any atom is 0.0597 e. The Kier molecular flexibility index (Phi) is 2.61. The molecule has 0 spiro atoms. The Morgan fingerprint density at radius 1 is 1.15 bits per heavy atom. The van der Waals surface area contributed by atoms with Crippen LogP contribution in [-0.2, 0) is 4.74 Å². The van der Waals surface area contributed by atoms with Gasteiger partial charge in [-0.05, 0) is 39.2 Å². The Labute approximate surface area is 81.0 Å². The molecule has 2 heterocycles. The molecule has 2 nitrogen and oxygen atoms in total. The molecule has 0 aromatic heterocycles. The normalized spacial score (nSPS) is 51.5. The summed E-state index contributed by atoms with van der Waals surface area (Å²) in [4.78, 5) is 0. The highest BCUT2D eigenvalue weighted by atomic mass is 16.5. The zero-order valence-corrected chi connectivity index (χ0v) is 8.92. The molecule has 2 aliphatic heterocycles. The van der Waals surface area contributed by atoms with Crippen LogP contribution >= 0.6 is 0 Å². The van der Waals surface area contributed by atoms with Crippen molar-refractivity contribution in [1.82, 2.24) is 5.32 Å². The molecule has 13 heavy (non-hydrogen) atoms. The molecule has 0 aromatic carbocycles. The van der Waals surface area contributed by atoms with Gasteiger partial charge in [0.05, 0.1) is 12.2 Å². The van der Waals surface area contributed by atoms with E-state index in [2.05, 4.69) is 26.1 Å². The first kappa shape index (κ1) is 9.47. The summed E-state index contributed by atoms with van der Waals surface area (Å²) < 4.78 is 5.86. The fraction of sp³-hybridized carbons (Fsp3) is 1.00. The molecule has 76 valence electrons. The number of hydrogen-bond donors (Lipinski definition) is 1.